The van der Waals surface area contributed by atoms with Crippen molar-refractivity contribution in [1.29, 1.82) is 0 Å². The Labute approximate surface area is 88.7 Å². The number of nitrogens with one attached hydrogen (secondary N) is 1. The summed E-state index contributed by atoms with van der Waals surface area (Å²) in [6.07, 6.45) is 0. The lowest BCUT2D eigenvalue weighted by Crippen LogP contribution is -2.20. The quantitative estimate of drug-likeness (QED) is 0.802. The molecule has 0 bridgehead atoms. The molecule has 0 heterocycles. The minimum Gasteiger partial charge on any atom is -0.495 e. The first-order chi connectivity index (χ1) is 6.74. The molecule has 78 valence electrons. The van der Waals surface area contributed by atoms with E-state index in [2.05, 4.69) is 5.32 Å². The van der Waals surface area contributed by atoms with E-state index in [4.69, 9.17) is 21.4 Å². The predicted molar refractivity (Wildman–Crippen MR) is 56.9 cm³/mol. The lowest BCUT2D eigenvalue weighted by atomic mass is 10.1. The zero-order chi connectivity index (χ0) is 10.6. The van der Waals surface area contributed by atoms with Gasteiger partial charge in [0.15, 0.2) is 0 Å². The van der Waals surface area contributed by atoms with Crippen molar-refractivity contribution in [2.45, 2.75) is 6.04 Å². The van der Waals surface area contributed by atoms with E-state index < -0.39 is 0 Å². The molecule has 0 aliphatic heterocycles. The highest BCUT2D eigenvalue weighted by Gasteiger charge is 2.14. The average molecular weight is 216 g/mol. The van der Waals surface area contributed by atoms with Crippen LogP contribution in [0.2, 0.25) is 5.02 Å². The minimum atomic E-state index is -0.155. The summed E-state index contributed by atoms with van der Waals surface area (Å²) in [6.45, 7) is 0.00336. The molecule has 1 rings (SSSR count). The van der Waals surface area contributed by atoms with Crippen LogP contribution >= 0.6 is 11.6 Å². The second-order valence-electron chi connectivity index (χ2n) is 2.89. The van der Waals surface area contributed by atoms with Crippen LogP contribution in [0.4, 0.5) is 0 Å². The van der Waals surface area contributed by atoms with E-state index in [1.165, 1.54) is 0 Å². The Balaban J connectivity index is 3.07. The summed E-state index contributed by atoms with van der Waals surface area (Å²) in [6, 6.07) is 5.34. The molecule has 0 fully saturated rings. The summed E-state index contributed by atoms with van der Waals surface area (Å²) < 4.78 is 5.08. The van der Waals surface area contributed by atoms with Crippen LogP contribution in [-0.2, 0) is 0 Å². The standard InChI is InChI=1S/C10H14ClNO2/c1-12-8(6-13)7-4-3-5-9(14-2)10(7)11/h3-5,8,12-13H,6H2,1-2H3/t8-/m0/s1. The highest BCUT2D eigenvalue weighted by atomic mass is 35.5. The molecule has 0 amide bonds. The summed E-state index contributed by atoms with van der Waals surface area (Å²) in [5, 5.41) is 12.6. The van der Waals surface area contributed by atoms with Crippen molar-refractivity contribution in [3.8, 4) is 5.75 Å². The van der Waals surface area contributed by atoms with Crippen LogP contribution in [-0.4, -0.2) is 25.9 Å². The first-order valence-electron chi connectivity index (χ1n) is 4.35. The van der Waals surface area contributed by atoms with Crippen molar-refractivity contribution in [1.82, 2.24) is 5.32 Å². The van der Waals surface area contributed by atoms with Gasteiger partial charge < -0.3 is 15.2 Å². The largest absolute Gasteiger partial charge is 0.495 e. The third-order valence-electron chi connectivity index (χ3n) is 2.12. The van der Waals surface area contributed by atoms with E-state index in [0.29, 0.717) is 10.8 Å². The van der Waals surface area contributed by atoms with Crippen LogP contribution < -0.4 is 10.1 Å². The van der Waals surface area contributed by atoms with Gasteiger partial charge in [-0.3, -0.25) is 0 Å². The summed E-state index contributed by atoms with van der Waals surface area (Å²) in [5.41, 5.74) is 0.844. The number of aliphatic hydroxyl groups excluding tert-OH is 1. The lowest BCUT2D eigenvalue weighted by Gasteiger charge is -2.16. The zero-order valence-corrected chi connectivity index (χ0v) is 9.01. The number of rotatable bonds is 4. The fraction of sp³-hybridized carbons (Fsp3) is 0.400. The molecule has 0 aliphatic rings. The van der Waals surface area contributed by atoms with Gasteiger partial charge in [-0.05, 0) is 18.7 Å². The van der Waals surface area contributed by atoms with Crippen molar-refractivity contribution in [2.75, 3.05) is 20.8 Å². The summed E-state index contributed by atoms with van der Waals surface area (Å²) in [7, 11) is 3.34. The molecule has 4 heteroatoms. The van der Waals surface area contributed by atoms with Crippen molar-refractivity contribution < 1.29 is 9.84 Å². The van der Waals surface area contributed by atoms with Gasteiger partial charge in [-0.2, -0.15) is 0 Å². The lowest BCUT2D eigenvalue weighted by molar-refractivity contribution is 0.250. The molecule has 1 aromatic rings. The van der Waals surface area contributed by atoms with Crippen LogP contribution in [0.1, 0.15) is 11.6 Å². The van der Waals surface area contributed by atoms with Crippen LogP contribution in [0.5, 0.6) is 5.75 Å². The number of halogens is 1. The second kappa shape index (κ2) is 5.20. The molecule has 0 unspecified atom stereocenters. The molecule has 0 saturated carbocycles. The second-order valence-corrected chi connectivity index (χ2v) is 3.27. The molecule has 2 N–H and O–H groups in total. The number of ether oxygens (including phenoxy) is 1. The summed E-state index contributed by atoms with van der Waals surface area (Å²) in [4.78, 5) is 0. The number of hydrogen-bond acceptors (Lipinski definition) is 3. The molecule has 0 aliphatic carbocycles. The van der Waals surface area contributed by atoms with E-state index in [-0.39, 0.29) is 12.6 Å². The van der Waals surface area contributed by atoms with Gasteiger partial charge in [-0.15, -0.1) is 0 Å². The van der Waals surface area contributed by atoms with Crippen LogP contribution in [0.15, 0.2) is 18.2 Å². The maximum absolute atomic E-state index is 9.11. The summed E-state index contributed by atoms with van der Waals surface area (Å²) in [5.74, 6) is 0.623. The molecule has 1 atom stereocenters. The van der Waals surface area contributed by atoms with Gasteiger partial charge >= 0.3 is 0 Å². The Morgan fingerprint density at radius 2 is 2.29 bits per heavy atom. The molecular weight excluding hydrogens is 202 g/mol. The van der Waals surface area contributed by atoms with Crippen LogP contribution in [0.25, 0.3) is 0 Å². The van der Waals surface area contributed by atoms with Gasteiger partial charge in [-0.1, -0.05) is 23.7 Å². The average Bonchev–Trinajstić information content (AvgIpc) is 2.22. The zero-order valence-electron chi connectivity index (χ0n) is 8.25. The first-order valence-corrected chi connectivity index (χ1v) is 4.73. The number of hydrogen-bond donors (Lipinski definition) is 2. The van der Waals surface area contributed by atoms with E-state index in [9.17, 15) is 0 Å². The molecule has 0 aromatic heterocycles. The molecule has 3 nitrogen and oxygen atoms in total. The molecule has 1 aromatic carbocycles. The van der Waals surface area contributed by atoms with Gasteiger partial charge in [0.2, 0.25) is 0 Å². The smallest absolute Gasteiger partial charge is 0.137 e. The molecule has 0 saturated heterocycles. The van der Waals surface area contributed by atoms with Gasteiger partial charge in [0.1, 0.15) is 5.75 Å². The highest BCUT2D eigenvalue weighted by Crippen LogP contribution is 2.31. The SMILES string of the molecule is CN[C@@H](CO)c1cccc(OC)c1Cl. The van der Waals surface area contributed by atoms with Gasteiger partial charge in [0.05, 0.1) is 24.8 Å². The minimum absolute atomic E-state index is 0.00336. The number of likely N-dealkylation sites (N-methyl/N-ethyl adjacent to an activating group) is 1. The Hall–Kier alpha value is -0.770. The topological polar surface area (TPSA) is 41.5 Å². The van der Waals surface area contributed by atoms with Crippen molar-refractivity contribution in [3.63, 3.8) is 0 Å². The van der Waals surface area contributed by atoms with E-state index in [1.54, 1.807) is 20.2 Å². The van der Waals surface area contributed by atoms with Crippen molar-refractivity contribution in [3.05, 3.63) is 28.8 Å². The molecule has 14 heavy (non-hydrogen) atoms. The highest BCUT2D eigenvalue weighted by molar-refractivity contribution is 6.32. The Bertz CT molecular complexity index is 300. The fourth-order valence-corrected chi connectivity index (χ4v) is 1.63. The van der Waals surface area contributed by atoms with Crippen molar-refractivity contribution in [2.24, 2.45) is 0 Å². The van der Waals surface area contributed by atoms with E-state index in [1.807, 2.05) is 12.1 Å². The Morgan fingerprint density at radius 3 is 2.79 bits per heavy atom. The van der Waals surface area contributed by atoms with E-state index >= 15 is 0 Å². The molecule has 0 spiro atoms. The number of methoxy groups -OCH3 is 1. The molecule has 0 radical (unpaired) electrons. The van der Waals surface area contributed by atoms with E-state index in [0.717, 1.165) is 5.56 Å². The van der Waals surface area contributed by atoms with Gasteiger partial charge in [0, 0.05) is 0 Å². The number of benzene rings is 1. The third-order valence-corrected chi connectivity index (χ3v) is 2.52. The molecular formula is C10H14ClNO2. The van der Waals surface area contributed by atoms with Gasteiger partial charge in [-0.25, -0.2) is 0 Å². The van der Waals surface area contributed by atoms with Gasteiger partial charge in [0.25, 0.3) is 0 Å². The fourth-order valence-electron chi connectivity index (χ4n) is 1.30. The van der Waals surface area contributed by atoms with Crippen LogP contribution in [0, 0.1) is 0 Å². The maximum atomic E-state index is 9.11. The van der Waals surface area contributed by atoms with Crippen molar-refractivity contribution >= 4 is 11.6 Å². The number of aliphatic hydroxyl groups is 1. The predicted octanol–water partition coefficient (Wildman–Crippen LogP) is 1.60. The van der Waals surface area contributed by atoms with Crippen LogP contribution in [0.3, 0.4) is 0 Å². The first kappa shape index (κ1) is 11.3. The maximum Gasteiger partial charge on any atom is 0.137 e. The third kappa shape index (κ3) is 2.18. The summed E-state index contributed by atoms with van der Waals surface area (Å²) >= 11 is 6.09. The Kier molecular flexibility index (Phi) is 4.20. The monoisotopic (exact) mass is 215 g/mol. The normalized spacial score (nSPS) is 12.6. The Morgan fingerprint density at radius 1 is 1.57 bits per heavy atom.